The maximum absolute atomic E-state index is 12.9. The summed E-state index contributed by atoms with van der Waals surface area (Å²) in [7, 11) is 3.12. The molecule has 2 bridgehead atoms. The molecule has 1 aliphatic heterocycles. The van der Waals surface area contributed by atoms with Gasteiger partial charge in [-0.05, 0) is 52.1 Å². The second-order valence-corrected chi connectivity index (χ2v) is 8.54. The molecular weight excluding hydrogens is 412 g/mol. The molecule has 2 saturated carbocycles. The number of carbonyl (C=O) groups excluding carboxylic acids is 2. The average Bonchev–Trinajstić information content (AvgIpc) is 3.27. The average molecular weight is 431 g/mol. The lowest BCUT2D eigenvalue weighted by atomic mass is 9.85. The number of amides is 2. The summed E-state index contributed by atoms with van der Waals surface area (Å²) in [6.07, 6.45) is 8.07. The van der Waals surface area contributed by atoms with Gasteiger partial charge >= 0.3 is 0 Å². The number of hydrazone groups is 1. The van der Waals surface area contributed by atoms with Crippen LogP contribution in [0.15, 0.2) is 33.9 Å². The Labute approximate surface area is 165 Å². The number of halogens is 1. The maximum atomic E-state index is 12.9. The molecule has 4 atom stereocenters. The predicted molar refractivity (Wildman–Crippen MR) is 101 cm³/mol. The SMILES string of the molecule is COc1cc(OC)c(/C=N\N2C(=O)[C@H]3[C@H](C2=O)[C@H]2C=C[C@H]3C23CC3)cc1Br. The Morgan fingerprint density at radius 2 is 1.67 bits per heavy atom. The number of allylic oxidation sites excluding steroid dienone is 2. The van der Waals surface area contributed by atoms with Crippen LogP contribution in [0.1, 0.15) is 18.4 Å². The van der Waals surface area contributed by atoms with Gasteiger partial charge in [-0.3, -0.25) is 9.59 Å². The summed E-state index contributed by atoms with van der Waals surface area (Å²) in [4.78, 5) is 25.9. The Balaban J connectivity index is 1.44. The third-order valence-corrected chi connectivity index (χ3v) is 7.27. The number of fused-ring (bicyclic) bond motifs is 3. The predicted octanol–water partition coefficient (Wildman–Crippen LogP) is 3.00. The number of methoxy groups -OCH3 is 2. The highest BCUT2D eigenvalue weighted by Gasteiger charge is 2.73. The van der Waals surface area contributed by atoms with Crippen LogP contribution in [0.2, 0.25) is 0 Å². The first kappa shape index (κ1) is 17.0. The fourth-order valence-corrected chi connectivity index (χ4v) is 5.80. The van der Waals surface area contributed by atoms with Crippen molar-refractivity contribution < 1.29 is 19.1 Å². The van der Waals surface area contributed by atoms with E-state index in [9.17, 15) is 9.59 Å². The molecule has 4 aliphatic rings. The summed E-state index contributed by atoms with van der Waals surface area (Å²) < 4.78 is 11.4. The quantitative estimate of drug-likeness (QED) is 0.418. The van der Waals surface area contributed by atoms with E-state index in [-0.39, 0.29) is 40.9 Å². The number of benzene rings is 1. The van der Waals surface area contributed by atoms with Crippen LogP contribution < -0.4 is 9.47 Å². The van der Waals surface area contributed by atoms with Crippen molar-refractivity contribution in [1.29, 1.82) is 0 Å². The highest BCUT2D eigenvalue weighted by Crippen LogP contribution is 2.73. The van der Waals surface area contributed by atoms with Gasteiger partial charge in [-0.15, -0.1) is 0 Å². The molecule has 140 valence electrons. The lowest BCUT2D eigenvalue weighted by Crippen LogP contribution is -2.30. The van der Waals surface area contributed by atoms with E-state index < -0.39 is 0 Å². The lowest BCUT2D eigenvalue weighted by Gasteiger charge is -2.18. The van der Waals surface area contributed by atoms with Gasteiger partial charge in [0.1, 0.15) is 11.5 Å². The monoisotopic (exact) mass is 430 g/mol. The number of hydrogen-bond donors (Lipinski definition) is 0. The van der Waals surface area contributed by atoms with E-state index in [4.69, 9.17) is 9.47 Å². The minimum absolute atomic E-state index is 0.170. The van der Waals surface area contributed by atoms with Crippen molar-refractivity contribution >= 4 is 34.0 Å². The van der Waals surface area contributed by atoms with E-state index >= 15 is 0 Å². The summed E-state index contributed by atoms with van der Waals surface area (Å²) in [5.41, 5.74) is 0.850. The van der Waals surface area contributed by atoms with Gasteiger partial charge in [0.25, 0.3) is 11.8 Å². The summed E-state index contributed by atoms with van der Waals surface area (Å²) in [5, 5.41) is 5.31. The number of imide groups is 1. The van der Waals surface area contributed by atoms with Gasteiger partial charge in [-0.25, -0.2) is 0 Å². The normalized spacial score (nSPS) is 32.0. The molecular formula is C20H19BrN2O4. The summed E-state index contributed by atoms with van der Waals surface area (Å²) in [5.74, 6) is 0.767. The first-order chi connectivity index (χ1) is 13.0. The fourth-order valence-electron chi connectivity index (χ4n) is 5.28. The molecule has 1 saturated heterocycles. The first-order valence-electron chi connectivity index (χ1n) is 9.03. The number of rotatable bonds is 4. The van der Waals surface area contributed by atoms with Crippen molar-refractivity contribution in [2.45, 2.75) is 12.8 Å². The van der Waals surface area contributed by atoms with E-state index in [1.807, 2.05) is 0 Å². The zero-order chi connectivity index (χ0) is 18.9. The Bertz CT molecular complexity index is 887. The van der Waals surface area contributed by atoms with Gasteiger partial charge in [0.15, 0.2) is 0 Å². The molecule has 7 heteroatoms. The fraction of sp³-hybridized carbons (Fsp3) is 0.450. The highest BCUT2D eigenvalue weighted by atomic mass is 79.9. The lowest BCUT2D eigenvalue weighted by molar-refractivity contribution is -0.141. The topological polar surface area (TPSA) is 68.2 Å². The Morgan fingerprint density at radius 3 is 2.19 bits per heavy atom. The number of hydrogen-bond acceptors (Lipinski definition) is 5. The maximum Gasteiger partial charge on any atom is 0.254 e. The van der Waals surface area contributed by atoms with Crippen LogP contribution in [0.5, 0.6) is 11.5 Å². The Kier molecular flexibility index (Phi) is 3.57. The number of nitrogens with zero attached hydrogens (tertiary/aromatic N) is 2. The number of ether oxygens (including phenoxy) is 2. The zero-order valence-corrected chi connectivity index (χ0v) is 16.6. The Morgan fingerprint density at radius 1 is 1.07 bits per heavy atom. The Hall–Kier alpha value is -2.15. The van der Waals surface area contributed by atoms with E-state index in [1.54, 1.807) is 26.4 Å². The van der Waals surface area contributed by atoms with Crippen molar-refractivity contribution in [3.63, 3.8) is 0 Å². The molecule has 1 aromatic rings. The zero-order valence-electron chi connectivity index (χ0n) is 15.0. The second kappa shape index (κ2) is 5.67. The van der Waals surface area contributed by atoms with Gasteiger partial charge in [-0.2, -0.15) is 10.1 Å². The van der Waals surface area contributed by atoms with Crippen LogP contribution in [0.4, 0.5) is 0 Å². The highest BCUT2D eigenvalue weighted by molar-refractivity contribution is 9.10. The molecule has 6 nitrogen and oxygen atoms in total. The molecule has 1 aromatic carbocycles. The van der Waals surface area contributed by atoms with Crippen LogP contribution in [0, 0.1) is 29.1 Å². The molecule has 1 spiro atoms. The standard InChI is InChI=1S/C20H19BrN2O4/c1-26-14-8-15(27-2)13(21)7-10(14)9-22-23-18(24)16-11-3-4-12(17(16)19(23)25)20(11)5-6-20/h3-4,7-9,11-12,16-17H,5-6H2,1-2H3/b22-9-/t11-,12-,16-,17-/m1/s1. The van der Waals surface area contributed by atoms with Crippen molar-refractivity contribution in [2.24, 2.45) is 34.2 Å². The van der Waals surface area contributed by atoms with Crippen LogP contribution in [-0.4, -0.2) is 37.3 Å². The van der Waals surface area contributed by atoms with Crippen molar-refractivity contribution in [3.8, 4) is 11.5 Å². The van der Waals surface area contributed by atoms with Gasteiger partial charge in [-0.1, -0.05) is 12.2 Å². The summed E-state index contributed by atoms with van der Waals surface area (Å²) >= 11 is 3.43. The number of carbonyl (C=O) groups is 2. The van der Waals surface area contributed by atoms with Crippen molar-refractivity contribution in [2.75, 3.05) is 14.2 Å². The van der Waals surface area contributed by atoms with Crippen LogP contribution in [0.3, 0.4) is 0 Å². The van der Waals surface area contributed by atoms with E-state index in [2.05, 4.69) is 33.2 Å². The third-order valence-electron chi connectivity index (χ3n) is 6.65. The minimum atomic E-state index is -0.239. The smallest absolute Gasteiger partial charge is 0.254 e. The second-order valence-electron chi connectivity index (χ2n) is 7.68. The molecule has 3 fully saturated rings. The van der Waals surface area contributed by atoms with E-state index in [0.717, 1.165) is 22.3 Å². The minimum Gasteiger partial charge on any atom is -0.496 e. The molecule has 2 amide bonds. The van der Waals surface area contributed by atoms with Crippen molar-refractivity contribution in [3.05, 3.63) is 34.3 Å². The van der Waals surface area contributed by atoms with Crippen LogP contribution in [-0.2, 0) is 9.59 Å². The van der Waals surface area contributed by atoms with Crippen molar-refractivity contribution in [1.82, 2.24) is 5.01 Å². The largest absolute Gasteiger partial charge is 0.496 e. The molecule has 5 rings (SSSR count). The van der Waals surface area contributed by atoms with Gasteiger partial charge < -0.3 is 9.47 Å². The summed E-state index contributed by atoms with van der Waals surface area (Å²) in [6.45, 7) is 0. The molecule has 3 aliphatic carbocycles. The molecule has 0 unspecified atom stereocenters. The third kappa shape index (κ3) is 2.15. The molecule has 1 heterocycles. The van der Waals surface area contributed by atoms with Gasteiger partial charge in [0.2, 0.25) is 0 Å². The van der Waals surface area contributed by atoms with Gasteiger partial charge in [0, 0.05) is 11.6 Å². The van der Waals surface area contributed by atoms with Crippen LogP contribution >= 0.6 is 15.9 Å². The molecule has 0 aromatic heterocycles. The molecule has 0 radical (unpaired) electrons. The summed E-state index contributed by atoms with van der Waals surface area (Å²) in [6, 6.07) is 3.52. The molecule has 27 heavy (non-hydrogen) atoms. The van der Waals surface area contributed by atoms with E-state index in [1.165, 1.54) is 6.21 Å². The van der Waals surface area contributed by atoms with Gasteiger partial charge in [0.05, 0.1) is 36.7 Å². The molecule has 0 N–H and O–H groups in total. The van der Waals surface area contributed by atoms with E-state index in [0.29, 0.717) is 17.1 Å². The first-order valence-corrected chi connectivity index (χ1v) is 9.83. The van der Waals surface area contributed by atoms with Crippen LogP contribution in [0.25, 0.3) is 0 Å².